The molecule has 0 aromatic heterocycles. The van der Waals surface area contributed by atoms with Crippen LogP contribution in [0.4, 0.5) is 13.2 Å². The molecule has 0 radical (unpaired) electrons. The number of rotatable bonds is 7. The van der Waals surface area contributed by atoms with Crippen molar-refractivity contribution in [3.05, 3.63) is 107 Å². The van der Waals surface area contributed by atoms with E-state index >= 15 is 0 Å². The highest BCUT2D eigenvalue weighted by Gasteiger charge is 2.46. The zero-order valence-corrected chi connectivity index (χ0v) is 20.0. The number of piperidine rings is 1. The molecule has 1 heterocycles. The lowest BCUT2D eigenvalue weighted by Crippen LogP contribution is -2.55. The van der Waals surface area contributed by atoms with Gasteiger partial charge in [-0.3, -0.25) is 9.69 Å². The van der Waals surface area contributed by atoms with Crippen molar-refractivity contribution in [2.75, 3.05) is 19.6 Å². The van der Waals surface area contributed by atoms with E-state index in [0.717, 1.165) is 5.56 Å². The Kier molecular flexibility index (Phi) is 7.82. The van der Waals surface area contributed by atoms with Crippen LogP contribution < -0.4 is 5.32 Å². The SMILES string of the molecule is O=C(NCC1(c2ccccc2)CCN(C(Cc2ccccc2)C(F)(F)F)CC1)c1ccccc1Cl. The third-order valence-electron chi connectivity index (χ3n) is 6.94. The van der Waals surface area contributed by atoms with Crippen LogP contribution in [0.2, 0.25) is 5.02 Å². The van der Waals surface area contributed by atoms with E-state index in [4.69, 9.17) is 11.6 Å². The first-order valence-corrected chi connectivity index (χ1v) is 12.1. The third kappa shape index (κ3) is 6.06. The van der Waals surface area contributed by atoms with Gasteiger partial charge < -0.3 is 5.32 Å². The van der Waals surface area contributed by atoms with Crippen LogP contribution in [-0.2, 0) is 11.8 Å². The number of nitrogens with one attached hydrogen (secondary N) is 1. The van der Waals surface area contributed by atoms with Crippen LogP contribution >= 0.6 is 11.6 Å². The lowest BCUT2D eigenvalue weighted by Gasteiger charge is -2.45. The molecule has 184 valence electrons. The molecule has 1 aliphatic rings. The van der Waals surface area contributed by atoms with Crippen LogP contribution in [0.15, 0.2) is 84.9 Å². The quantitative estimate of drug-likeness (QED) is 0.414. The molecule has 0 aliphatic carbocycles. The zero-order chi connectivity index (χ0) is 24.9. The largest absolute Gasteiger partial charge is 0.404 e. The second kappa shape index (κ2) is 10.8. The molecule has 3 nitrogen and oxygen atoms in total. The Labute approximate surface area is 208 Å². The highest BCUT2D eigenvalue weighted by molar-refractivity contribution is 6.33. The van der Waals surface area contributed by atoms with Crippen molar-refractivity contribution in [3.8, 4) is 0 Å². The fourth-order valence-electron chi connectivity index (χ4n) is 4.90. The van der Waals surface area contributed by atoms with Crippen molar-refractivity contribution in [3.63, 3.8) is 0 Å². The first-order valence-electron chi connectivity index (χ1n) is 11.7. The van der Waals surface area contributed by atoms with Crippen LogP contribution in [0.1, 0.15) is 34.3 Å². The Morgan fingerprint density at radius 3 is 2.09 bits per heavy atom. The molecular formula is C28H28ClF3N2O. The maximum Gasteiger partial charge on any atom is 0.404 e. The van der Waals surface area contributed by atoms with E-state index in [1.807, 2.05) is 30.3 Å². The van der Waals surface area contributed by atoms with Gasteiger partial charge in [-0.2, -0.15) is 13.2 Å². The number of halogens is 4. The maximum absolute atomic E-state index is 14.1. The van der Waals surface area contributed by atoms with Gasteiger partial charge in [0.05, 0.1) is 10.6 Å². The molecule has 3 aromatic rings. The molecule has 1 aliphatic heterocycles. The van der Waals surface area contributed by atoms with E-state index < -0.39 is 17.6 Å². The van der Waals surface area contributed by atoms with Crippen molar-refractivity contribution in [1.29, 1.82) is 0 Å². The number of likely N-dealkylation sites (tertiary alicyclic amines) is 1. The first kappa shape index (κ1) is 25.3. The lowest BCUT2D eigenvalue weighted by molar-refractivity contribution is -0.187. The number of carbonyl (C=O) groups is 1. The summed E-state index contributed by atoms with van der Waals surface area (Å²) < 4.78 is 42.2. The van der Waals surface area contributed by atoms with E-state index in [1.165, 1.54) is 0 Å². The highest BCUT2D eigenvalue weighted by atomic mass is 35.5. The van der Waals surface area contributed by atoms with Gasteiger partial charge in [-0.25, -0.2) is 0 Å². The molecule has 0 saturated carbocycles. The fraction of sp³-hybridized carbons (Fsp3) is 0.321. The second-order valence-corrected chi connectivity index (χ2v) is 9.50. The van der Waals surface area contributed by atoms with Gasteiger partial charge >= 0.3 is 6.18 Å². The smallest absolute Gasteiger partial charge is 0.351 e. The van der Waals surface area contributed by atoms with Crippen molar-refractivity contribution < 1.29 is 18.0 Å². The Hall–Kier alpha value is -2.83. The monoisotopic (exact) mass is 500 g/mol. The van der Waals surface area contributed by atoms with Gasteiger partial charge in [-0.05, 0) is 55.6 Å². The van der Waals surface area contributed by atoms with Crippen molar-refractivity contribution >= 4 is 17.5 Å². The minimum atomic E-state index is -4.33. The van der Waals surface area contributed by atoms with Crippen LogP contribution in [0.25, 0.3) is 0 Å². The van der Waals surface area contributed by atoms with Gasteiger partial charge in [0, 0.05) is 12.0 Å². The molecule has 1 amide bonds. The molecule has 1 saturated heterocycles. The van der Waals surface area contributed by atoms with Crippen LogP contribution in [0, 0.1) is 0 Å². The summed E-state index contributed by atoms with van der Waals surface area (Å²) in [4.78, 5) is 14.4. The Morgan fingerprint density at radius 2 is 1.49 bits per heavy atom. The van der Waals surface area contributed by atoms with Crippen LogP contribution in [0.5, 0.6) is 0 Å². The number of amides is 1. The van der Waals surface area contributed by atoms with Crippen molar-refractivity contribution in [1.82, 2.24) is 10.2 Å². The Bertz CT molecular complexity index is 1110. The fourth-order valence-corrected chi connectivity index (χ4v) is 5.12. The summed E-state index contributed by atoms with van der Waals surface area (Å²) in [6.07, 6.45) is -3.41. The molecule has 1 N–H and O–H groups in total. The predicted octanol–water partition coefficient (Wildman–Crippen LogP) is 6.28. The number of alkyl halides is 3. The topological polar surface area (TPSA) is 32.3 Å². The average Bonchev–Trinajstić information content (AvgIpc) is 2.87. The van der Waals surface area contributed by atoms with Gasteiger partial charge in [0.15, 0.2) is 0 Å². The Balaban J connectivity index is 1.52. The molecule has 1 atom stereocenters. The number of hydrogen-bond acceptors (Lipinski definition) is 2. The summed E-state index contributed by atoms with van der Waals surface area (Å²) in [6, 6.07) is 23.8. The zero-order valence-electron chi connectivity index (χ0n) is 19.3. The van der Waals surface area contributed by atoms with Gasteiger partial charge in [-0.1, -0.05) is 84.4 Å². The number of hydrogen-bond donors (Lipinski definition) is 1. The van der Waals surface area contributed by atoms with Crippen molar-refractivity contribution in [2.45, 2.75) is 36.9 Å². The normalized spacial score (nSPS) is 17.0. The summed E-state index contributed by atoms with van der Waals surface area (Å²) >= 11 is 6.18. The minimum Gasteiger partial charge on any atom is -0.351 e. The van der Waals surface area contributed by atoms with E-state index in [9.17, 15) is 18.0 Å². The minimum absolute atomic E-state index is 0.0775. The highest BCUT2D eigenvalue weighted by Crippen LogP contribution is 2.38. The average molecular weight is 501 g/mol. The van der Waals surface area contributed by atoms with Gasteiger partial charge in [0.2, 0.25) is 0 Å². The molecule has 1 unspecified atom stereocenters. The molecule has 35 heavy (non-hydrogen) atoms. The molecule has 3 aromatic carbocycles. The maximum atomic E-state index is 14.1. The van der Waals surface area contributed by atoms with Crippen molar-refractivity contribution in [2.24, 2.45) is 0 Å². The van der Waals surface area contributed by atoms with E-state index in [1.54, 1.807) is 59.5 Å². The van der Waals surface area contributed by atoms with Crippen LogP contribution in [-0.4, -0.2) is 42.7 Å². The third-order valence-corrected chi connectivity index (χ3v) is 7.27. The summed E-state index contributed by atoms with van der Waals surface area (Å²) in [5, 5.41) is 3.36. The molecule has 0 spiro atoms. The summed E-state index contributed by atoms with van der Waals surface area (Å²) in [7, 11) is 0. The second-order valence-electron chi connectivity index (χ2n) is 9.09. The lowest BCUT2D eigenvalue weighted by atomic mass is 9.72. The van der Waals surface area contributed by atoms with Gasteiger partial charge in [0.25, 0.3) is 5.91 Å². The van der Waals surface area contributed by atoms with E-state index in [0.29, 0.717) is 35.5 Å². The predicted molar refractivity (Wildman–Crippen MR) is 133 cm³/mol. The Morgan fingerprint density at radius 1 is 0.914 bits per heavy atom. The summed E-state index contributed by atoms with van der Waals surface area (Å²) in [5.74, 6) is -0.286. The molecular weight excluding hydrogens is 473 g/mol. The number of benzene rings is 3. The van der Waals surface area contributed by atoms with E-state index in [2.05, 4.69) is 5.32 Å². The standard InChI is InChI=1S/C28H28ClF3N2O/c29-24-14-8-7-13-23(24)26(35)33-20-27(22-11-5-2-6-12-22)15-17-34(18-16-27)25(28(30,31)32)19-21-9-3-1-4-10-21/h1-14,25H,15-20H2,(H,33,35). The molecule has 0 bridgehead atoms. The van der Waals surface area contributed by atoms with Crippen LogP contribution in [0.3, 0.4) is 0 Å². The molecule has 4 rings (SSSR count). The number of nitrogens with zero attached hydrogens (tertiary/aromatic N) is 1. The molecule has 7 heteroatoms. The van der Waals surface area contributed by atoms with Gasteiger partial charge in [0.1, 0.15) is 6.04 Å². The summed E-state index contributed by atoms with van der Waals surface area (Å²) in [6.45, 7) is 0.895. The number of carbonyl (C=O) groups excluding carboxylic acids is 1. The first-order chi connectivity index (χ1) is 16.8. The molecule has 1 fully saturated rings. The van der Waals surface area contributed by atoms with E-state index in [-0.39, 0.29) is 25.4 Å². The van der Waals surface area contributed by atoms with Gasteiger partial charge in [-0.15, -0.1) is 0 Å². The summed E-state index contributed by atoms with van der Waals surface area (Å²) in [5.41, 5.74) is 1.61.